The van der Waals surface area contributed by atoms with Crippen molar-refractivity contribution in [2.45, 2.75) is 12.5 Å². The minimum atomic E-state index is -1.06. The lowest BCUT2D eigenvalue weighted by atomic mass is 10.0. The highest BCUT2D eigenvalue weighted by Gasteiger charge is 2.42. The van der Waals surface area contributed by atoms with E-state index in [9.17, 15) is 19.2 Å². The van der Waals surface area contributed by atoms with Crippen LogP contribution in [0.25, 0.3) is 0 Å². The van der Waals surface area contributed by atoms with Gasteiger partial charge < -0.3 is 15.1 Å². The SMILES string of the molecule is O=C(Nc1ccc(NC(=O)C(Cc2ccccc2)N2C(=O)c3ccccc3C2=O)cc1)c1ccco1. The lowest BCUT2D eigenvalue weighted by Crippen LogP contribution is -2.48. The molecule has 36 heavy (non-hydrogen) atoms. The van der Waals surface area contributed by atoms with Crippen LogP contribution < -0.4 is 10.6 Å². The molecule has 8 nitrogen and oxygen atoms in total. The number of nitrogens with one attached hydrogen (secondary N) is 2. The third-order valence-electron chi connectivity index (χ3n) is 5.87. The summed E-state index contributed by atoms with van der Waals surface area (Å²) in [5.74, 6) is -1.71. The Morgan fingerprint density at radius 2 is 1.31 bits per heavy atom. The van der Waals surface area contributed by atoms with Crippen molar-refractivity contribution in [1.29, 1.82) is 0 Å². The molecule has 0 spiro atoms. The highest BCUT2D eigenvalue weighted by atomic mass is 16.3. The van der Waals surface area contributed by atoms with Gasteiger partial charge in [0.15, 0.2) is 5.76 Å². The molecule has 0 fully saturated rings. The standard InChI is InChI=1S/C28H21N3O5/c32-25(29-19-12-14-20(15-13-19)30-26(33)24-11-6-16-36-24)23(17-18-7-2-1-3-8-18)31-27(34)21-9-4-5-10-22(21)28(31)35/h1-16,23H,17H2,(H,29,32)(H,30,33). The van der Waals surface area contributed by atoms with Gasteiger partial charge in [-0.3, -0.25) is 24.1 Å². The third-order valence-corrected chi connectivity index (χ3v) is 5.87. The van der Waals surface area contributed by atoms with Crippen molar-refractivity contribution in [2.75, 3.05) is 10.6 Å². The number of furan rings is 1. The molecular formula is C28H21N3O5. The van der Waals surface area contributed by atoms with Crippen LogP contribution in [0.15, 0.2) is 102 Å². The van der Waals surface area contributed by atoms with Gasteiger partial charge >= 0.3 is 0 Å². The molecule has 8 heteroatoms. The third kappa shape index (κ3) is 4.52. The first-order chi connectivity index (χ1) is 17.5. The Kier molecular flexibility index (Phi) is 6.15. The largest absolute Gasteiger partial charge is 0.459 e. The second-order valence-corrected chi connectivity index (χ2v) is 8.23. The summed E-state index contributed by atoms with van der Waals surface area (Å²) < 4.78 is 5.08. The molecule has 0 radical (unpaired) electrons. The fraction of sp³-hybridized carbons (Fsp3) is 0.0714. The highest BCUT2D eigenvalue weighted by molar-refractivity contribution is 6.23. The molecule has 2 heterocycles. The molecule has 0 saturated heterocycles. The maximum absolute atomic E-state index is 13.4. The average molecular weight is 479 g/mol. The Morgan fingerprint density at radius 3 is 1.89 bits per heavy atom. The van der Waals surface area contributed by atoms with Crippen molar-refractivity contribution in [3.8, 4) is 0 Å². The number of nitrogens with zero attached hydrogens (tertiary/aromatic N) is 1. The summed E-state index contributed by atoms with van der Waals surface area (Å²) in [5, 5.41) is 5.50. The van der Waals surface area contributed by atoms with E-state index in [0.29, 0.717) is 11.4 Å². The van der Waals surface area contributed by atoms with Crippen LogP contribution in [0.2, 0.25) is 0 Å². The van der Waals surface area contributed by atoms with Gasteiger partial charge in [-0.05, 0) is 54.1 Å². The summed E-state index contributed by atoms with van der Waals surface area (Å²) in [4.78, 5) is 52.9. The number of amides is 4. The van der Waals surface area contributed by atoms with Crippen molar-refractivity contribution in [1.82, 2.24) is 4.90 Å². The van der Waals surface area contributed by atoms with E-state index in [2.05, 4.69) is 10.6 Å². The van der Waals surface area contributed by atoms with Crippen LogP contribution in [-0.4, -0.2) is 34.6 Å². The first-order valence-corrected chi connectivity index (χ1v) is 11.3. The fourth-order valence-corrected chi connectivity index (χ4v) is 4.09. The molecule has 1 aliphatic heterocycles. The summed E-state index contributed by atoms with van der Waals surface area (Å²) in [5.41, 5.74) is 2.33. The van der Waals surface area contributed by atoms with E-state index in [-0.39, 0.29) is 23.3 Å². The monoisotopic (exact) mass is 479 g/mol. The summed E-state index contributed by atoms with van der Waals surface area (Å²) in [6.45, 7) is 0. The van der Waals surface area contributed by atoms with Crippen LogP contribution in [-0.2, 0) is 11.2 Å². The normalized spacial score (nSPS) is 13.3. The van der Waals surface area contributed by atoms with Crippen molar-refractivity contribution in [3.05, 3.63) is 120 Å². The molecule has 1 unspecified atom stereocenters. The number of rotatable bonds is 7. The number of fused-ring (bicyclic) bond motifs is 1. The summed E-state index contributed by atoms with van der Waals surface area (Å²) in [6, 6.07) is 24.4. The molecule has 1 atom stereocenters. The summed E-state index contributed by atoms with van der Waals surface area (Å²) in [6.07, 6.45) is 1.57. The lowest BCUT2D eigenvalue weighted by molar-refractivity contribution is -0.119. The number of benzene rings is 3. The van der Waals surface area contributed by atoms with Gasteiger partial charge in [0.2, 0.25) is 5.91 Å². The zero-order valence-corrected chi connectivity index (χ0v) is 19.0. The second kappa shape index (κ2) is 9.71. The molecule has 1 aromatic heterocycles. The molecule has 178 valence electrons. The Labute approximate surface area is 206 Å². The van der Waals surface area contributed by atoms with Crippen molar-refractivity contribution >= 4 is 35.0 Å². The number of anilines is 2. The van der Waals surface area contributed by atoms with E-state index >= 15 is 0 Å². The maximum atomic E-state index is 13.4. The molecule has 0 saturated carbocycles. The zero-order chi connectivity index (χ0) is 25.1. The van der Waals surface area contributed by atoms with E-state index in [0.717, 1.165) is 10.5 Å². The first kappa shape index (κ1) is 22.8. The predicted molar refractivity (Wildman–Crippen MR) is 133 cm³/mol. The minimum Gasteiger partial charge on any atom is -0.459 e. The molecule has 5 rings (SSSR count). The maximum Gasteiger partial charge on any atom is 0.291 e. The van der Waals surface area contributed by atoms with E-state index in [1.54, 1.807) is 60.7 Å². The van der Waals surface area contributed by atoms with Gasteiger partial charge in [-0.1, -0.05) is 42.5 Å². The van der Waals surface area contributed by atoms with Crippen LogP contribution in [0.3, 0.4) is 0 Å². The molecule has 4 aromatic rings. The molecular weight excluding hydrogens is 458 g/mol. The second-order valence-electron chi connectivity index (χ2n) is 8.23. The quantitative estimate of drug-likeness (QED) is 0.383. The summed E-state index contributed by atoms with van der Waals surface area (Å²) in [7, 11) is 0. The number of carbonyl (C=O) groups is 4. The predicted octanol–water partition coefficient (Wildman–Crippen LogP) is 4.38. The minimum absolute atomic E-state index is 0.162. The molecule has 4 amide bonds. The smallest absolute Gasteiger partial charge is 0.291 e. The van der Waals surface area contributed by atoms with Gasteiger partial charge in [0.1, 0.15) is 6.04 Å². The highest BCUT2D eigenvalue weighted by Crippen LogP contribution is 2.27. The van der Waals surface area contributed by atoms with E-state index < -0.39 is 29.7 Å². The Bertz CT molecular complexity index is 1390. The van der Waals surface area contributed by atoms with Crippen molar-refractivity contribution < 1.29 is 23.6 Å². The molecule has 3 aromatic carbocycles. The van der Waals surface area contributed by atoms with Crippen molar-refractivity contribution in [3.63, 3.8) is 0 Å². The Hall–Kier alpha value is -4.98. The van der Waals surface area contributed by atoms with E-state index in [1.165, 1.54) is 6.26 Å². The topological polar surface area (TPSA) is 109 Å². The van der Waals surface area contributed by atoms with E-state index in [4.69, 9.17) is 4.42 Å². The Morgan fingerprint density at radius 1 is 0.722 bits per heavy atom. The average Bonchev–Trinajstić information content (AvgIpc) is 3.52. The van der Waals surface area contributed by atoms with Crippen LogP contribution in [0.5, 0.6) is 0 Å². The number of hydrogen-bond acceptors (Lipinski definition) is 5. The first-order valence-electron chi connectivity index (χ1n) is 11.3. The van der Waals surface area contributed by atoms with Crippen molar-refractivity contribution in [2.24, 2.45) is 0 Å². The van der Waals surface area contributed by atoms with Crippen LogP contribution in [0, 0.1) is 0 Å². The van der Waals surface area contributed by atoms with Gasteiger partial charge in [0.25, 0.3) is 17.7 Å². The van der Waals surface area contributed by atoms with Gasteiger partial charge in [-0.25, -0.2) is 0 Å². The molecule has 1 aliphatic rings. The Balaban J connectivity index is 1.36. The van der Waals surface area contributed by atoms with E-state index in [1.807, 2.05) is 30.3 Å². The summed E-state index contributed by atoms with van der Waals surface area (Å²) >= 11 is 0. The van der Waals surface area contributed by atoms with Crippen LogP contribution in [0.1, 0.15) is 36.8 Å². The molecule has 2 N–H and O–H groups in total. The fourth-order valence-electron chi connectivity index (χ4n) is 4.09. The number of imide groups is 1. The zero-order valence-electron chi connectivity index (χ0n) is 19.0. The number of hydrogen-bond donors (Lipinski definition) is 2. The van der Waals surface area contributed by atoms with Gasteiger partial charge in [0.05, 0.1) is 17.4 Å². The van der Waals surface area contributed by atoms with Gasteiger partial charge in [0, 0.05) is 17.8 Å². The molecule has 0 bridgehead atoms. The van der Waals surface area contributed by atoms with Gasteiger partial charge in [-0.15, -0.1) is 0 Å². The lowest BCUT2D eigenvalue weighted by Gasteiger charge is -2.25. The van der Waals surface area contributed by atoms with Crippen LogP contribution >= 0.6 is 0 Å². The number of carbonyl (C=O) groups excluding carboxylic acids is 4. The van der Waals surface area contributed by atoms with Crippen LogP contribution in [0.4, 0.5) is 11.4 Å². The molecule has 0 aliphatic carbocycles. The van der Waals surface area contributed by atoms with Gasteiger partial charge in [-0.2, -0.15) is 0 Å².